The monoisotopic (exact) mass is 307 g/mol. The van der Waals surface area contributed by atoms with E-state index in [2.05, 4.69) is 17.9 Å². The van der Waals surface area contributed by atoms with E-state index >= 15 is 0 Å². The van der Waals surface area contributed by atoms with Crippen LogP contribution in [0.5, 0.6) is 5.75 Å². The number of hydrogen-bond donors (Lipinski definition) is 2. The van der Waals surface area contributed by atoms with Crippen molar-refractivity contribution in [3.05, 3.63) is 53.1 Å². The number of ether oxygens (including phenoxy) is 1. The molecule has 0 fully saturated rings. The highest BCUT2D eigenvalue weighted by molar-refractivity contribution is 7.80. The van der Waals surface area contributed by atoms with E-state index in [0.717, 1.165) is 10.5 Å². The fourth-order valence-corrected chi connectivity index (χ4v) is 2.09. The highest BCUT2D eigenvalue weighted by atomic mass is 35.5. The number of amides is 1. The third-order valence-electron chi connectivity index (χ3n) is 2.74. The Labute approximate surface area is 128 Å². The Morgan fingerprint density at radius 2 is 1.95 bits per heavy atom. The summed E-state index contributed by atoms with van der Waals surface area (Å²) in [5, 5.41) is 3.32. The molecule has 2 aromatic carbocycles. The minimum Gasteiger partial charge on any atom is -0.495 e. The number of halogens is 1. The lowest BCUT2D eigenvalue weighted by atomic mass is 10.1. The second-order valence-corrected chi connectivity index (χ2v) is 5.16. The maximum absolute atomic E-state index is 11.9. The lowest BCUT2D eigenvalue weighted by Crippen LogP contribution is -2.14. The van der Waals surface area contributed by atoms with Gasteiger partial charge in [0.25, 0.3) is 0 Å². The smallest absolute Gasteiger partial charge is 0.228 e. The van der Waals surface area contributed by atoms with E-state index in [1.165, 1.54) is 7.11 Å². The van der Waals surface area contributed by atoms with Crippen LogP contribution in [0.2, 0.25) is 5.02 Å². The summed E-state index contributed by atoms with van der Waals surface area (Å²) in [7, 11) is 1.53. The normalized spacial score (nSPS) is 10.2. The molecule has 2 rings (SSSR count). The lowest BCUT2D eigenvalue weighted by molar-refractivity contribution is -0.115. The summed E-state index contributed by atoms with van der Waals surface area (Å²) in [6, 6.07) is 12.6. The van der Waals surface area contributed by atoms with Crippen molar-refractivity contribution in [3.63, 3.8) is 0 Å². The molecule has 0 heterocycles. The Kier molecular flexibility index (Phi) is 4.93. The van der Waals surface area contributed by atoms with E-state index in [1.807, 2.05) is 24.3 Å². The van der Waals surface area contributed by atoms with Gasteiger partial charge in [-0.3, -0.25) is 4.79 Å². The van der Waals surface area contributed by atoms with Crippen LogP contribution >= 0.6 is 24.2 Å². The molecule has 1 amide bonds. The van der Waals surface area contributed by atoms with Crippen LogP contribution in [-0.4, -0.2) is 13.0 Å². The van der Waals surface area contributed by atoms with E-state index in [1.54, 1.807) is 18.2 Å². The summed E-state index contributed by atoms with van der Waals surface area (Å²) in [5.74, 6) is 0.435. The van der Waals surface area contributed by atoms with E-state index in [9.17, 15) is 4.79 Å². The van der Waals surface area contributed by atoms with Crippen molar-refractivity contribution in [2.75, 3.05) is 12.4 Å². The summed E-state index contributed by atoms with van der Waals surface area (Å²) in [6.45, 7) is 0. The van der Waals surface area contributed by atoms with Gasteiger partial charge in [0.1, 0.15) is 5.75 Å². The first-order valence-electron chi connectivity index (χ1n) is 6.00. The summed E-state index contributed by atoms with van der Waals surface area (Å²) >= 11 is 10.1. The van der Waals surface area contributed by atoms with Gasteiger partial charge in [-0.2, -0.15) is 0 Å². The van der Waals surface area contributed by atoms with Gasteiger partial charge in [-0.1, -0.05) is 23.7 Å². The van der Waals surface area contributed by atoms with Crippen molar-refractivity contribution in [2.24, 2.45) is 0 Å². The van der Waals surface area contributed by atoms with Crippen molar-refractivity contribution in [3.8, 4) is 5.75 Å². The van der Waals surface area contributed by atoms with Crippen molar-refractivity contribution < 1.29 is 9.53 Å². The number of benzene rings is 2. The van der Waals surface area contributed by atoms with Gasteiger partial charge in [0.2, 0.25) is 5.91 Å². The zero-order valence-corrected chi connectivity index (χ0v) is 12.5. The van der Waals surface area contributed by atoms with Crippen LogP contribution in [0.15, 0.2) is 47.4 Å². The van der Waals surface area contributed by atoms with Gasteiger partial charge in [-0.25, -0.2) is 0 Å². The SMILES string of the molecule is COc1cc(NC(=O)Cc2ccc(S)cc2)ccc1Cl. The highest BCUT2D eigenvalue weighted by Crippen LogP contribution is 2.27. The molecule has 0 unspecified atom stereocenters. The molecule has 0 aromatic heterocycles. The molecule has 0 aliphatic rings. The Bertz CT molecular complexity index is 614. The quantitative estimate of drug-likeness (QED) is 0.843. The van der Waals surface area contributed by atoms with Crippen LogP contribution in [0, 0.1) is 0 Å². The molecule has 0 saturated carbocycles. The maximum Gasteiger partial charge on any atom is 0.228 e. The molecule has 0 aliphatic carbocycles. The van der Waals surface area contributed by atoms with Gasteiger partial charge < -0.3 is 10.1 Å². The third kappa shape index (κ3) is 3.92. The van der Waals surface area contributed by atoms with E-state index in [-0.39, 0.29) is 5.91 Å². The molecule has 104 valence electrons. The molecule has 3 nitrogen and oxygen atoms in total. The van der Waals surface area contributed by atoms with Crippen LogP contribution in [0.1, 0.15) is 5.56 Å². The molecular formula is C15H14ClNO2S. The first kappa shape index (κ1) is 14.8. The van der Waals surface area contributed by atoms with Crippen molar-refractivity contribution >= 4 is 35.8 Å². The zero-order valence-electron chi connectivity index (χ0n) is 10.9. The first-order chi connectivity index (χ1) is 9.58. The largest absolute Gasteiger partial charge is 0.495 e. The maximum atomic E-state index is 11.9. The predicted octanol–water partition coefficient (Wildman–Crippen LogP) is 3.82. The molecule has 0 saturated heterocycles. The molecular weight excluding hydrogens is 294 g/mol. The van der Waals surface area contributed by atoms with Crippen molar-refractivity contribution in [1.82, 2.24) is 0 Å². The topological polar surface area (TPSA) is 38.3 Å². The molecule has 0 bridgehead atoms. The molecule has 0 spiro atoms. The van der Waals surface area contributed by atoms with Gasteiger partial charge in [-0.15, -0.1) is 12.6 Å². The molecule has 20 heavy (non-hydrogen) atoms. The van der Waals surface area contributed by atoms with Crippen LogP contribution in [0.25, 0.3) is 0 Å². The third-order valence-corrected chi connectivity index (χ3v) is 3.35. The second-order valence-electron chi connectivity index (χ2n) is 4.24. The molecule has 2 aromatic rings. The summed E-state index contributed by atoms with van der Waals surface area (Å²) in [5.41, 5.74) is 1.59. The minimum absolute atomic E-state index is 0.0960. The Hall–Kier alpha value is -1.65. The average Bonchev–Trinajstić information content (AvgIpc) is 2.43. The predicted molar refractivity (Wildman–Crippen MR) is 84.0 cm³/mol. The summed E-state index contributed by atoms with van der Waals surface area (Å²) in [4.78, 5) is 12.8. The standard InChI is InChI=1S/C15H14ClNO2S/c1-19-14-9-11(4-7-13(14)16)17-15(18)8-10-2-5-12(20)6-3-10/h2-7,9,20H,8H2,1H3,(H,17,18). The number of carbonyl (C=O) groups is 1. The Morgan fingerprint density at radius 1 is 1.25 bits per heavy atom. The van der Waals surface area contributed by atoms with E-state index in [0.29, 0.717) is 22.9 Å². The summed E-state index contributed by atoms with van der Waals surface area (Å²) in [6.07, 6.45) is 0.305. The number of rotatable bonds is 4. The first-order valence-corrected chi connectivity index (χ1v) is 6.82. The molecule has 5 heteroatoms. The molecule has 1 N–H and O–H groups in total. The van der Waals surface area contributed by atoms with Crippen LogP contribution in [0.3, 0.4) is 0 Å². The highest BCUT2D eigenvalue weighted by Gasteiger charge is 2.07. The average molecular weight is 308 g/mol. The van der Waals surface area contributed by atoms with Crippen molar-refractivity contribution in [2.45, 2.75) is 11.3 Å². The van der Waals surface area contributed by atoms with Gasteiger partial charge >= 0.3 is 0 Å². The number of nitrogens with one attached hydrogen (secondary N) is 1. The van der Waals surface area contributed by atoms with E-state index < -0.39 is 0 Å². The van der Waals surface area contributed by atoms with Gasteiger partial charge in [0.05, 0.1) is 18.6 Å². The van der Waals surface area contributed by atoms with Crippen LogP contribution in [-0.2, 0) is 11.2 Å². The van der Waals surface area contributed by atoms with Gasteiger partial charge in [0.15, 0.2) is 0 Å². The van der Waals surface area contributed by atoms with Crippen molar-refractivity contribution in [1.29, 1.82) is 0 Å². The van der Waals surface area contributed by atoms with Crippen LogP contribution < -0.4 is 10.1 Å². The summed E-state index contributed by atoms with van der Waals surface area (Å²) < 4.78 is 5.11. The number of hydrogen-bond acceptors (Lipinski definition) is 3. The lowest BCUT2D eigenvalue weighted by Gasteiger charge is -2.08. The fraction of sp³-hybridized carbons (Fsp3) is 0.133. The van der Waals surface area contributed by atoms with Gasteiger partial charge in [0, 0.05) is 16.6 Å². The van der Waals surface area contributed by atoms with E-state index in [4.69, 9.17) is 16.3 Å². The fourth-order valence-electron chi connectivity index (χ4n) is 1.74. The molecule has 0 aliphatic heterocycles. The minimum atomic E-state index is -0.0960. The number of anilines is 1. The van der Waals surface area contributed by atoms with Gasteiger partial charge in [-0.05, 0) is 29.8 Å². The number of thiol groups is 1. The second kappa shape index (κ2) is 6.68. The number of carbonyl (C=O) groups excluding carboxylic acids is 1. The number of methoxy groups -OCH3 is 1. The zero-order chi connectivity index (χ0) is 14.5. The Morgan fingerprint density at radius 3 is 2.60 bits per heavy atom. The Balaban J connectivity index is 2.02. The molecule has 0 radical (unpaired) electrons. The molecule has 0 atom stereocenters. The van der Waals surface area contributed by atoms with Crippen LogP contribution in [0.4, 0.5) is 5.69 Å².